The number of amides is 1. The molecule has 1 aromatic carbocycles. The van der Waals surface area contributed by atoms with Crippen molar-refractivity contribution in [3.8, 4) is 0 Å². The number of carbonyl (C=O) groups is 1. The lowest BCUT2D eigenvalue weighted by molar-refractivity contribution is 0.0950. The number of hydrogen-bond acceptors (Lipinski definition) is 3. The molecule has 98 valence electrons. The molecule has 1 heterocycles. The maximum atomic E-state index is 13.1. The van der Waals surface area contributed by atoms with Gasteiger partial charge in [0, 0.05) is 29.7 Å². The highest BCUT2D eigenvalue weighted by atomic mass is 19.1. The smallest absolute Gasteiger partial charge is 0.251 e. The molecule has 2 aromatic rings. The van der Waals surface area contributed by atoms with Crippen molar-refractivity contribution >= 4 is 11.6 Å². The van der Waals surface area contributed by atoms with Gasteiger partial charge >= 0.3 is 0 Å². The molecular weight excluding hydrogens is 245 g/mol. The highest BCUT2D eigenvalue weighted by Gasteiger charge is 2.07. The minimum absolute atomic E-state index is 0.206. The Bertz CT molecular complexity index is 576. The molecule has 0 bridgehead atoms. The molecule has 0 fully saturated rings. The fraction of sp³-hybridized carbons (Fsp3) is 0.143. The molecule has 0 saturated heterocycles. The Morgan fingerprint density at radius 2 is 2.16 bits per heavy atom. The summed E-state index contributed by atoms with van der Waals surface area (Å²) in [4.78, 5) is 16.0. The molecule has 0 saturated carbocycles. The number of aromatic nitrogens is 1. The van der Waals surface area contributed by atoms with Crippen LogP contribution in [0.25, 0.3) is 0 Å². The van der Waals surface area contributed by atoms with Crippen LogP contribution in [0.2, 0.25) is 0 Å². The monoisotopic (exact) mass is 259 g/mol. The zero-order valence-electron chi connectivity index (χ0n) is 10.5. The number of aryl methyl sites for hydroxylation is 1. The third-order valence-electron chi connectivity index (χ3n) is 2.61. The number of nitrogens with one attached hydrogen (secondary N) is 1. The maximum absolute atomic E-state index is 13.1. The van der Waals surface area contributed by atoms with E-state index in [0.29, 0.717) is 6.54 Å². The SMILES string of the molecule is Cc1ccc(CNC(=O)c2cc(N)cc(F)c2)cn1. The van der Waals surface area contributed by atoms with Gasteiger partial charge in [-0.3, -0.25) is 9.78 Å². The highest BCUT2D eigenvalue weighted by molar-refractivity contribution is 5.94. The number of halogens is 1. The molecule has 0 spiro atoms. The number of pyridine rings is 1. The average Bonchev–Trinajstić information content (AvgIpc) is 2.36. The molecular formula is C14H14FN3O. The Morgan fingerprint density at radius 3 is 2.79 bits per heavy atom. The Labute approximate surface area is 110 Å². The third kappa shape index (κ3) is 3.51. The first-order chi connectivity index (χ1) is 9.04. The van der Waals surface area contributed by atoms with Crippen molar-refractivity contribution in [2.24, 2.45) is 0 Å². The number of nitrogens with zero attached hydrogens (tertiary/aromatic N) is 1. The van der Waals surface area contributed by atoms with Gasteiger partial charge in [-0.15, -0.1) is 0 Å². The second-order valence-corrected chi connectivity index (χ2v) is 4.26. The lowest BCUT2D eigenvalue weighted by Gasteiger charge is -2.06. The summed E-state index contributed by atoms with van der Waals surface area (Å²) in [6.07, 6.45) is 1.69. The number of benzene rings is 1. The molecule has 0 radical (unpaired) electrons. The molecule has 19 heavy (non-hydrogen) atoms. The van der Waals surface area contributed by atoms with Crippen molar-refractivity contribution in [1.82, 2.24) is 10.3 Å². The largest absolute Gasteiger partial charge is 0.399 e. The van der Waals surface area contributed by atoms with Crippen LogP contribution in [0, 0.1) is 12.7 Å². The van der Waals surface area contributed by atoms with Crippen LogP contribution >= 0.6 is 0 Å². The molecule has 2 rings (SSSR count). The lowest BCUT2D eigenvalue weighted by atomic mass is 10.1. The summed E-state index contributed by atoms with van der Waals surface area (Å²) in [6.45, 7) is 2.22. The summed E-state index contributed by atoms with van der Waals surface area (Å²) in [7, 11) is 0. The maximum Gasteiger partial charge on any atom is 0.251 e. The van der Waals surface area contributed by atoms with Crippen LogP contribution in [0.15, 0.2) is 36.5 Å². The van der Waals surface area contributed by atoms with Crippen molar-refractivity contribution in [1.29, 1.82) is 0 Å². The van der Waals surface area contributed by atoms with Gasteiger partial charge in [0.05, 0.1) is 0 Å². The fourth-order valence-electron chi connectivity index (χ4n) is 1.63. The number of rotatable bonds is 3. The molecule has 5 heteroatoms. The molecule has 0 aliphatic carbocycles. The van der Waals surface area contributed by atoms with E-state index in [4.69, 9.17) is 5.73 Å². The Kier molecular flexibility index (Phi) is 3.75. The van der Waals surface area contributed by atoms with Gasteiger partial charge in [-0.2, -0.15) is 0 Å². The summed E-state index contributed by atoms with van der Waals surface area (Å²) >= 11 is 0. The summed E-state index contributed by atoms with van der Waals surface area (Å²) < 4.78 is 13.1. The van der Waals surface area contributed by atoms with Crippen LogP contribution in [0.5, 0.6) is 0 Å². The topological polar surface area (TPSA) is 68.0 Å². The third-order valence-corrected chi connectivity index (χ3v) is 2.61. The number of nitrogens with two attached hydrogens (primary N) is 1. The predicted octanol–water partition coefficient (Wildman–Crippen LogP) is 2.04. The van der Waals surface area contributed by atoms with Crippen molar-refractivity contribution in [3.63, 3.8) is 0 Å². The normalized spacial score (nSPS) is 10.2. The zero-order chi connectivity index (χ0) is 13.8. The van der Waals surface area contributed by atoms with Crippen molar-refractivity contribution in [2.45, 2.75) is 13.5 Å². The molecule has 3 N–H and O–H groups in total. The Morgan fingerprint density at radius 1 is 1.37 bits per heavy atom. The van der Waals surface area contributed by atoms with E-state index < -0.39 is 5.82 Å². The summed E-state index contributed by atoms with van der Waals surface area (Å²) in [5.74, 6) is -0.895. The van der Waals surface area contributed by atoms with E-state index in [1.54, 1.807) is 6.20 Å². The summed E-state index contributed by atoms with van der Waals surface area (Å²) in [5, 5.41) is 2.69. The van der Waals surface area contributed by atoms with E-state index in [0.717, 1.165) is 17.3 Å². The van der Waals surface area contributed by atoms with Gasteiger partial charge in [0.2, 0.25) is 0 Å². The van der Waals surface area contributed by atoms with Crippen LogP contribution in [-0.4, -0.2) is 10.9 Å². The lowest BCUT2D eigenvalue weighted by Crippen LogP contribution is -2.23. The van der Waals surface area contributed by atoms with Gasteiger partial charge in [0.25, 0.3) is 5.91 Å². The van der Waals surface area contributed by atoms with Gasteiger partial charge in [-0.05, 0) is 36.8 Å². The average molecular weight is 259 g/mol. The second kappa shape index (κ2) is 5.48. The summed E-state index contributed by atoms with van der Waals surface area (Å²) in [6, 6.07) is 7.50. The second-order valence-electron chi connectivity index (χ2n) is 4.26. The van der Waals surface area contributed by atoms with E-state index in [1.165, 1.54) is 12.1 Å². The number of carbonyl (C=O) groups excluding carboxylic acids is 1. The molecule has 4 nitrogen and oxygen atoms in total. The van der Waals surface area contributed by atoms with Crippen molar-refractivity contribution < 1.29 is 9.18 Å². The van der Waals surface area contributed by atoms with E-state index in [1.807, 2.05) is 19.1 Å². The predicted molar refractivity (Wildman–Crippen MR) is 71.0 cm³/mol. The molecule has 0 aliphatic rings. The van der Waals surface area contributed by atoms with Crippen molar-refractivity contribution in [3.05, 3.63) is 59.2 Å². The molecule has 0 aliphatic heterocycles. The first kappa shape index (κ1) is 13.0. The van der Waals surface area contributed by atoms with E-state index in [-0.39, 0.29) is 17.2 Å². The number of anilines is 1. The van der Waals surface area contributed by atoms with Crippen LogP contribution in [0.1, 0.15) is 21.6 Å². The summed E-state index contributed by atoms with van der Waals surface area (Å²) in [5.41, 5.74) is 7.71. The first-order valence-corrected chi connectivity index (χ1v) is 5.80. The van der Waals surface area contributed by atoms with Crippen LogP contribution in [0.4, 0.5) is 10.1 Å². The fourth-order valence-corrected chi connectivity index (χ4v) is 1.63. The number of hydrogen-bond donors (Lipinski definition) is 2. The van der Waals surface area contributed by atoms with Gasteiger partial charge in [-0.1, -0.05) is 6.07 Å². The Hall–Kier alpha value is -2.43. The van der Waals surface area contributed by atoms with Gasteiger partial charge in [0.1, 0.15) is 5.82 Å². The molecule has 0 unspecified atom stereocenters. The van der Waals surface area contributed by atoms with Crippen LogP contribution in [0.3, 0.4) is 0 Å². The van der Waals surface area contributed by atoms with E-state index in [2.05, 4.69) is 10.3 Å². The van der Waals surface area contributed by atoms with Gasteiger partial charge in [-0.25, -0.2) is 4.39 Å². The van der Waals surface area contributed by atoms with Crippen molar-refractivity contribution in [2.75, 3.05) is 5.73 Å². The van der Waals surface area contributed by atoms with Gasteiger partial charge in [0.15, 0.2) is 0 Å². The van der Waals surface area contributed by atoms with Gasteiger partial charge < -0.3 is 11.1 Å². The highest BCUT2D eigenvalue weighted by Crippen LogP contribution is 2.11. The molecule has 0 atom stereocenters. The van der Waals surface area contributed by atoms with E-state index in [9.17, 15) is 9.18 Å². The van der Waals surface area contributed by atoms with Crippen LogP contribution in [-0.2, 0) is 6.54 Å². The van der Waals surface area contributed by atoms with E-state index >= 15 is 0 Å². The Balaban J connectivity index is 2.03. The zero-order valence-corrected chi connectivity index (χ0v) is 10.5. The molecule has 1 amide bonds. The standard InChI is InChI=1S/C14H14FN3O/c1-9-2-3-10(7-17-9)8-18-14(19)11-4-12(15)6-13(16)5-11/h2-7H,8,16H2,1H3,(H,18,19). The minimum Gasteiger partial charge on any atom is -0.399 e. The quantitative estimate of drug-likeness (QED) is 0.829. The first-order valence-electron chi connectivity index (χ1n) is 5.80. The molecule has 1 aromatic heterocycles. The minimum atomic E-state index is -0.526. The van der Waals surface area contributed by atoms with Crippen LogP contribution < -0.4 is 11.1 Å². The number of nitrogen functional groups attached to an aromatic ring is 1.